The average Bonchev–Trinajstić information content (AvgIpc) is 2.77. The van der Waals surface area contributed by atoms with Crippen LogP contribution in [-0.2, 0) is 13.2 Å². The van der Waals surface area contributed by atoms with Crippen LogP contribution in [0.3, 0.4) is 0 Å². The molecule has 1 aromatic carbocycles. The predicted octanol–water partition coefficient (Wildman–Crippen LogP) is 2.80. The number of hydrogen-bond donors (Lipinski definition) is 0. The summed E-state index contributed by atoms with van der Waals surface area (Å²) >= 11 is 0. The van der Waals surface area contributed by atoms with Gasteiger partial charge in [0.25, 0.3) is 0 Å². The summed E-state index contributed by atoms with van der Waals surface area (Å²) in [5.41, 5.74) is 1.87. The molecule has 0 radical (unpaired) electrons. The molecule has 1 heterocycles. The van der Waals surface area contributed by atoms with Crippen LogP contribution in [0, 0.1) is 24.1 Å². The van der Waals surface area contributed by atoms with Gasteiger partial charge in [0.2, 0.25) is 0 Å². The van der Waals surface area contributed by atoms with Crippen LogP contribution in [0.2, 0.25) is 0 Å². The van der Waals surface area contributed by atoms with E-state index in [1.807, 2.05) is 24.6 Å². The molecule has 0 aliphatic carbocycles. The lowest BCUT2D eigenvalue weighted by molar-refractivity contribution is 0.291. The largest absolute Gasteiger partial charge is 0.487 e. The minimum Gasteiger partial charge on any atom is -0.487 e. The van der Waals surface area contributed by atoms with Gasteiger partial charge in [0.1, 0.15) is 24.2 Å². The summed E-state index contributed by atoms with van der Waals surface area (Å²) in [5.74, 6) is -0.168. The minimum atomic E-state index is -0.569. The van der Waals surface area contributed by atoms with Crippen molar-refractivity contribution in [1.29, 1.82) is 5.26 Å². The van der Waals surface area contributed by atoms with E-state index in [9.17, 15) is 4.39 Å². The first-order chi connectivity index (χ1) is 9.13. The van der Waals surface area contributed by atoms with Gasteiger partial charge in [-0.3, -0.25) is 4.68 Å². The highest BCUT2D eigenvalue weighted by atomic mass is 19.1. The first-order valence-electron chi connectivity index (χ1n) is 5.99. The highest BCUT2D eigenvalue weighted by molar-refractivity contribution is 5.36. The van der Waals surface area contributed by atoms with E-state index in [0.29, 0.717) is 12.4 Å². The molecule has 2 aromatic rings. The standard InChI is InChI=1S/C14H14FN3O/c1-3-18-12(6-10(2)17-18)9-19-13-5-4-11(8-16)14(15)7-13/h4-7H,3,9H2,1-2H3. The first-order valence-corrected chi connectivity index (χ1v) is 5.99. The zero-order valence-corrected chi connectivity index (χ0v) is 10.9. The lowest BCUT2D eigenvalue weighted by Crippen LogP contribution is -2.06. The molecule has 0 fully saturated rings. The van der Waals surface area contributed by atoms with Crippen molar-refractivity contribution in [1.82, 2.24) is 9.78 Å². The Morgan fingerprint density at radius 1 is 1.42 bits per heavy atom. The van der Waals surface area contributed by atoms with E-state index in [4.69, 9.17) is 10.00 Å². The second-order valence-electron chi connectivity index (χ2n) is 4.13. The number of benzene rings is 1. The van der Waals surface area contributed by atoms with E-state index in [-0.39, 0.29) is 5.56 Å². The number of hydrogen-bond acceptors (Lipinski definition) is 3. The highest BCUT2D eigenvalue weighted by Crippen LogP contribution is 2.17. The lowest BCUT2D eigenvalue weighted by atomic mass is 10.2. The summed E-state index contributed by atoms with van der Waals surface area (Å²) in [6, 6.07) is 7.92. The molecule has 4 nitrogen and oxygen atoms in total. The Labute approximate surface area is 111 Å². The summed E-state index contributed by atoms with van der Waals surface area (Å²) in [7, 11) is 0. The number of nitrogens with zero attached hydrogens (tertiary/aromatic N) is 3. The minimum absolute atomic E-state index is 0.0156. The van der Waals surface area contributed by atoms with Crippen molar-refractivity contribution in [3.05, 3.63) is 47.0 Å². The molecule has 19 heavy (non-hydrogen) atoms. The van der Waals surface area contributed by atoms with Crippen molar-refractivity contribution in [3.8, 4) is 11.8 Å². The number of nitriles is 1. The Hall–Kier alpha value is -2.35. The van der Waals surface area contributed by atoms with Gasteiger partial charge in [-0.15, -0.1) is 0 Å². The van der Waals surface area contributed by atoms with E-state index in [2.05, 4.69) is 5.10 Å². The predicted molar refractivity (Wildman–Crippen MR) is 68.1 cm³/mol. The van der Waals surface area contributed by atoms with E-state index in [1.165, 1.54) is 12.1 Å². The fraction of sp³-hybridized carbons (Fsp3) is 0.286. The van der Waals surface area contributed by atoms with Crippen LogP contribution in [0.25, 0.3) is 0 Å². The Morgan fingerprint density at radius 2 is 2.21 bits per heavy atom. The molecular formula is C14H14FN3O. The fourth-order valence-corrected chi connectivity index (χ4v) is 1.82. The molecule has 0 spiro atoms. The van der Waals surface area contributed by atoms with Gasteiger partial charge >= 0.3 is 0 Å². The van der Waals surface area contributed by atoms with Crippen molar-refractivity contribution in [2.24, 2.45) is 0 Å². The van der Waals surface area contributed by atoms with Gasteiger partial charge in [-0.05, 0) is 32.0 Å². The maximum absolute atomic E-state index is 13.4. The van der Waals surface area contributed by atoms with E-state index in [1.54, 1.807) is 12.1 Å². The summed E-state index contributed by atoms with van der Waals surface area (Å²) in [6.07, 6.45) is 0. The van der Waals surface area contributed by atoms with E-state index < -0.39 is 5.82 Å². The summed E-state index contributed by atoms with van der Waals surface area (Å²) in [6.45, 7) is 4.99. The number of rotatable bonds is 4. The van der Waals surface area contributed by atoms with Gasteiger partial charge in [-0.25, -0.2) is 4.39 Å². The number of aromatic nitrogens is 2. The van der Waals surface area contributed by atoms with E-state index in [0.717, 1.165) is 17.9 Å². The molecule has 0 aliphatic rings. The SMILES string of the molecule is CCn1nc(C)cc1COc1ccc(C#N)c(F)c1. The van der Waals surface area contributed by atoms with Crippen molar-refractivity contribution in [3.63, 3.8) is 0 Å². The van der Waals surface area contributed by atoms with Gasteiger partial charge in [0.05, 0.1) is 17.0 Å². The monoisotopic (exact) mass is 259 g/mol. The first kappa shape index (κ1) is 13.1. The van der Waals surface area contributed by atoms with Crippen LogP contribution in [0.15, 0.2) is 24.3 Å². The quantitative estimate of drug-likeness (QED) is 0.848. The van der Waals surface area contributed by atoms with Crippen molar-refractivity contribution in [2.75, 3.05) is 0 Å². The summed E-state index contributed by atoms with van der Waals surface area (Å²) in [4.78, 5) is 0. The third-order valence-corrected chi connectivity index (χ3v) is 2.73. The second kappa shape index (κ2) is 5.53. The van der Waals surface area contributed by atoms with Gasteiger partial charge in [0, 0.05) is 12.6 Å². The van der Waals surface area contributed by atoms with Gasteiger partial charge < -0.3 is 4.74 Å². The zero-order chi connectivity index (χ0) is 13.8. The number of ether oxygens (including phenoxy) is 1. The molecule has 0 saturated heterocycles. The fourth-order valence-electron chi connectivity index (χ4n) is 1.82. The third kappa shape index (κ3) is 2.91. The van der Waals surface area contributed by atoms with Gasteiger partial charge in [0.15, 0.2) is 0 Å². The maximum atomic E-state index is 13.4. The molecule has 0 aliphatic heterocycles. The average molecular weight is 259 g/mol. The van der Waals surface area contributed by atoms with Crippen molar-refractivity contribution in [2.45, 2.75) is 27.0 Å². The van der Waals surface area contributed by atoms with Crippen LogP contribution in [0.1, 0.15) is 23.9 Å². The summed E-state index contributed by atoms with van der Waals surface area (Å²) < 4.78 is 20.8. The maximum Gasteiger partial charge on any atom is 0.144 e. The van der Waals surface area contributed by atoms with Crippen LogP contribution in [-0.4, -0.2) is 9.78 Å². The molecular weight excluding hydrogens is 245 g/mol. The lowest BCUT2D eigenvalue weighted by Gasteiger charge is -2.08. The molecule has 2 rings (SSSR count). The molecule has 0 N–H and O–H groups in total. The van der Waals surface area contributed by atoms with Gasteiger partial charge in [-0.1, -0.05) is 0 Å². The Kier molecular flexibility index (Phi) is 3.81. The molecule has 5 heteroatoms. The number of aryl methyl sites for hydroxylation is 2. The van der Waals surface area contributed by atoms with E-state index >= 15 is 0 Å². The molecule has 1 aromatic heterocycles. The third-order valence-electron chi connectivity index (χ3n) is 2.73. The Morgan fingerprint density at radius 3 is 2.84 bits per heavy atom. The molecule has 0 saturated carbocycles. The normalized spacial score (nSPS) is 10.2. The topological polar surface area (TPSA) is 50.8 Å². The highest BCUT2D eigenvalue weighted by Gasteiger charge is 2.07. The van der Waals surface area contributed by atoms with Crippen molar-refractivity contribution >= 4 is 0 Å². The summed E-state index contributed by atoms with van der Waals surface area (Å²) in [5, 5.41) is 13.0. The molecule has 0 unspecified atom stereocenters. The van der Waals surface area contributed by atoms with Crippen molar-refractivity contribution < 1.29 is 9.13 Å². The van der Waals surface area contributed by atoms with Crippen LogP contribution >= 0.6 is 0 Å². The Balaban J connectivity index is 2.10. The molecule has 98 valence electrons. The van der Waals surface area contributed by atoms with Crippen LogP contribution < -0.4 is 4.74 Å². The van der Waals surface area contributed by atoms with Gasteiger partial charge in [-0.2, -0.15) is 10.4 Å². The molecule has 0 bridgehead atoms. The van der Waals surface area contributed by atoms with Crippen LogP contribution in [0.5, 0.6) is 5.75 Å². The second-order valence-corrected chi connectivity index (χ2v) is 4.13. The smallest absolute Gasteiger partial charge is 0.144 e. The molecule has 0 amide bonds. The van der Waals surface area contributed by atoms with Crippen LogP contribution in [0.4, 0.5) is 4.39 Å². The zero-order valence-electron chi connectivity index (χ0n) is 10.9. The number of halogens is 1. The molecule has 0 atom stereocenters. The Bertz CT molecular complexity index is 628.